The van der Waals surface area contributed by atoms with Gasteiger partial charge in [0.05, 0.1) is 0 Å². The maximum Gasteiger partial charge on any atom is 0.239 e. The Kier molecular flexibility index (Phi) is 5.20. The predicted octanol–water partition coefficient (Wildman–Crippen LogP) is 0.536. The van der Waals surface area contributed by atoms with E-state index < -0.39 is 5.92 Å². The number of carbonyl (C=O) groups excluding carboxylic acids is 2. The third kappa shape index (κ3) is 3.46. The van der Waals surface area contributed by atoms with Crippen molar-refractivity contribution in [3.8, 4) is 11.5 Å². The zero-order valence-corrected chi connectivity index (χ0v) is 13.8. The topological polar surface area (TPSA) is 79.9 Å². The van der Waals surface area contributed by atoms with Crippen LogP contribution in [0.25, 0.3) is 0 Å². The van der Waals surface area contributed by atoms with Crippen molar-refractivity contribution >= 4 is 17.5 Å². The lowest BCUT2D eigenvalue weighted by Crippen LogP contribution is -2.37. The second-order valence-electron chi connectivity index (χ2n) is 5.91. The summed E-state index contributed by atoms with van der Waals surface area (Å²) < 4.78 is 11.1. The number of carbonyl (C=O) groups is 2. The summed E-state index contributed by atoms with van der Waals surface area (Å²) in [7, 11) is 1.87. The first-order chi connectivity index (χ1) is 11.7. The number of anilines is 1. The fourth-order valence-electron chi connectivity index (χ4n) is 2.98. The van der Waals surface area contributed by atoms with Crippen molar-refractivity contribution in [3.63, 3.8) is 0 Å². The Morgan fingerprint density at radius 1 is 1.25 bits per heavy atom. The number of hydrogen-bond donors (Lipinski definition) is 2. The van der Waals surface area contributed by atoms with E-state index in [1.54, 1.807) is 11.0 Å². The minimum Gasteiger partial charge on any atom is -0.486 e. The third-order valence-electron chi connectivity index (χ3n) is 4.26. The summed E-state index contributed by atoms with van der Waals surface area (Å²) in [5.74, 6) is 0.392. The minimum atomic E-state index is -0.604. The van der Waals surface area contributed by atoms with E-state index in [1.807, 2.05) is 19.2 Å². The van der Waals surface area contributed by atoms with Crippen LogP contribution in [0.2, 0.25) is 0 Å². The molecule has 2 N–H and O–H groups in total. The first-order valence-corrected chi connectivity index (χ1v) is 8.34. The zero-order valence-electron chi connectivity index (χ0n) is 13.8. The zero-order chi connectivity index (χ0) is 16.9. The van der Waals surface area contributed by atoms with Crippen molar-refractivity contribution in [3.05, 3.63) is 18.2 Å². The van der Waals surface area contributed by atoms with Crippen LogP contribution in [0, 0.1) is 5.92 Å². The molecule has 0 aliphatic carbocycles. The van der Waals surface area contributed by atoms with Crippen LogP contribution in [0.5, 0.6) is 11.5 Å². The van der Waals surface area contributed by atoms with Gasteiger partial charge in [-0.05, 0) is 38.6 Å². The highest BCUT2D eigenvalue weighted by Crippen LogP contribution is 2.35. The highest BCUT2D eigenvalue weighted by Gasteiger charge is 2.37. The van der Waals surface area contributed by atoms with Gasteiger partial charge in [-0.25, -0.2) is 0 Å². The van der Waals surface area contributed by atoms with E-state index in [2.05, 4.69) is 10.6 Å². The highest BCUT2D eigenvalue weighted by atomic mass is 16.6. The molecule has 0 saturated carbocycles. The monoisotopic (exact) mass is 333 g/mol. The first-order valence-electron chi connectivity index (χ1n) is 8.34. The molecule has 1 aromatic carbocycles. The van der Waals surface area contributed by atoms with Gasteiger partial charge in [0.2, 0.25) is 11.8 Å². The molecule has 130 valence electrons. The van der Waals surface area contributed by atoms with E-state index in [4.69, 9.17) is 9.47 Å². The van der Waals surface area contributed by atoms with Gasteiger partial charge in [-0.3, -0.25) is 9.59 Å². The summed E-state index contributed by atoms with van der Waals surface area (Å²) >= 11 is 0. The van der Waals surface area contributed by atoms with Crippen molar-refractivity contribution in [1.82, 2.24) is 10.6 Å². The molecule has 1 fully saturated rings. The van der Waals surface area contributed by atoms with E-state index in [9.17, 15) is 9.59 Å². The predicted molar refractivity (Wildman–Crippen MR) is 89.4 cm³/mol. The van der Waals surface area contributed by atoms with Crippen molar-refractivity contribution in [1.29, 1.82) is 0 Å². The minimum absolute atomic E-state index is 0.155. The molecule has 2 amide bonds. The average molecular weight is 333 g/mol. The van der Waals surface area contributed by atoms with E-state index in [-0.39, 0.29) is 11.8 Å². The van der Waals surface area contributed by atoms with Crippen molar-refractivity contribution in [2.45, 2.75) is 12.8 Å². The number of fused-ring (bicyclic) bond motifs is 1. The second-order valence-corrected chi connectivity index (χ2v) is 5.91. The molecular weight excluding hydrogens is 310 g/mol. The van der Waals surface area contributed by atoms with E-state index >= 15 is 0 Å². The van der Waals surface area contributed by atoms with Crippen LogP contribution in [0.15, 0.2) is 18.2 Å². The van der Waals surface area contributed by atoms with Crippen LogP contribution in [0.4, 0.5) is 5.69 Å². The summed E-state index contributed by atoms with van der Waals surface area (Å²) in [6.07, 6.45) is 1.38. The average Bonchev–Trinajstić information content (AvgIpc) is 2.99. The molecule has 1 aromatic rings. The summed E-state index contributed by atoms with van der Waals surface area (Å²) in [6.45, 7) is 2.98. The number of amides is 2. The molecule has 2 heterocycles. The Morgan fingerprint density at radius 2 is 2.04 bits per heavy atom. The standard InChI is InChI=1S/C17H23N3O4/c1-18-6-2-7-19-16(21)13-5-8-20(17(13)22)12-3-4-14-15(11-12)24-10-9-23-14/h3-4,11,13,18H,2,5-10H2,1H3,(H,19,21). The van der Waals surface area contributed by atoms with Gasteiger partial charge in [-0.2, -0.15) is 0 Å². The number of ether oxygens (including phenoxy) is 2. The van der Waals surface area contributed by atoms with Crippen LogP contribution in [0.3, 0.4) is 0 Å². The van der Waals surface area contributed by atoms with Gasteiger partial charge in [0.25, 0.3) is 0 Å². The van der Waals surface area contributed by atoms with Crippen molar-refractivity contribution in [2.24, 2.45) is 5.92 Å². The van der Waals surface area contributed by atoms with E-state index in [0.29, 0.717) is 44.2 Å². The molecule has 2 aliphatic rings. The Morgan fingerprint density at radius 3 is 2.83 bits per heavy atom. The first kappa shape index (κ1) is 16.6. The van der Waals surface area contributed by atoms with Crippen molar-refractivity contribution < 1.29 is 19.1 Å². The number of nitrogens with one attached hydrogen (secondary N) is 2. The molecule has 7 nitrogen and oxygen atoms in total. The molecule has 7 heteroatoms. The maximum atomic E-state index is 12.6. The lowest BCUT2D eigenvalue weighted by atomic mass is 10.1. The summed E-state index contributed by atoms with van der Waals surface area (Å²) in [5.41, 5.74) is 0.745. The summed E-state index contributed by atoms with van der Waals surface area (Å²) in [4.78, 5) is 26.4. The fraction of sp³-hybridized carbons (Fsp3) is 0.529. The Hall–Kier alpha value is -2.28. The Bertz CT molecular complexity index is 620. The molecule has 1 unspecified atom stereocenters. The molecule has 0 aromatic heterocycles. The van der Waals surface area contributed by atoms with Crippen molar-refractivity contribution in [2.75, 3.05) is 44.8 Å². The second kappa shape index (κ2) is 7.53. The normalized spacial score (nSPS) is 19.5. The van der Waals surface area contributed by atoms with Gasteiger partial charge in [0.15, 0.2) is 11.5 Å². The van der Waals surface area contributed by atoms with E-state index in [0.717, 1.165) is 18.7 Å². The van der Waals surface area contributed by atoms with Crippen LogP contribution in [0.1, 0.15) is 12.8 Å². The molecule has 0 spiro atoms. The van der Waals surface area contributed by atoms with Gasteiger partial charge < -0.3 is 25.0 Å². The van der Waals surface area contributed by atoms with Gasteiger partial charge in [-0.1, -0.05) is 0 Å². The largest absolute Gasteiger partial charge is 0.486 e. The number of rotatable bonds is 6. The molecule has 0 bridgehead atoms. The number of nitrogens with zero attached hydrogens (tertiary/aromatic N) is 1. The SMILES string of the molecule is CNCCCNC(=O)C1CCN(c2ccc3c(c2)OCCO3)C1=O. The molecule has 0 radical (unpaired) electrons. The third-order valence-corrected chi connectivity index (χ3v) is 4.26. The maximum absolute atomic E-state index is 12.6. The lowest BCUT2D eigenvalue weighted by Gasteiger charge is -2.22. The Balaban J connectivity index is 1.62. The molecule has 2 aliphatic heterocycles. The van der Waals surface area contributed by atoms with Crippen LogP contribution < -0.4 is 25.0 Å². The van der Waals surface area contributed by atoms with Crippen LogP contribution in [-0.4, -0.2) is 51.7 Å². The van der Waals surface area contributed by atoms with E-state index in [1.165, 1.54) is 0 Å². The Labute approximate surface area is 141 Å². The lowest BCUT2D eigenvalue weighted by molar-refractivity contribution is -0.132. The molecule has 3 rings (SSSR count). The number of benzene rings is 1. The van der Waals surface area contributed by atoms with Gasteiger partial charge in [0.1, 0.15) is 19.1 Å². The molecule has 1 saturated heterocycles. The van der Waals surface area contributed by atoms with Crippen LogP contribution in [-0.2, 0) is 9.59 Å². The quantitative estimate of drug-likeness (QED) is 0.587. The molecular formula is C17H23N3O4. The van der Waals surface area contributed by atoms with Gasteiger partial charge >= 0.3 is 0 Å². The molecule has 1 atom stereocenters. The summed E-state index contributed by atoms with van der Waals surface area (Å²) in [5, 5.41) is 5.87. The summed E-state index contributed by atoms with van der Waals surface area (Å²) in [6, 6.07) is 5.44. The molecule has 24 heavy (non-hydrogen) atoms. The van der Waals surface area contributed by atoms with Gasteiger partial charge in [-0.15, -0.1) is 0 Å². The smallest absolute Gasteiger partial charge is 0.239 e. The van der Waals surface area contributed by atoms with Gasteiger partial charge in [0, 0.05) is 24.8 Å². The number of hydrogen-bond acceptors (Lipinski definition) is 5. The highest BCUT2D eigenvalue weighted by molar-refractivity contribution is 6.09. The van der Waals surface area contributed by atoms with Crippen LogP contribution >= 0.6 is 0 Å². The fourth-order valence-corrected chi connectivity index (χ4v) is 2.98.